The highest BCUT2D eigenvalue weighted by Crippen LogP contribution is 2.40. The van der Waals surface area contributed by atoms with Crippen molar-refractivity contribution in [3.8, 4) is 0 Å². The van der Waals surface area contributed by atoms with E-state index in [0.29, 0.717) is 0 Å². The first kappa shape index (κ1) is 14.6. The third kappa shape index (κ3) is 1.90. The second kappa shape index (κ2) is 4.07. The zero-order valence-electron chi connectivity index (χ0n) is 9.69. The van der Waals surface area contributed by atoms with Gasteiger partial charge in [-0.15, -0.1) is 0 Å². The number of fused-ring (bicyclic) bond motifs is 3. The SMILES string of the molecule is N[C@@]1(C(=O)O)OC(=O)CC2(O)CC(=O)OC1(S)OC2=O. The van der Waals surface area contributed by atoms with Crippen LogP contribution in [-0.4, -0.2) is 50.5 Å². The molecule has 0 radical (unpaired) electrons. The summed E-state index contributed by atoms with van der Waals surface area (Å²) < 4.78 is 13.6. The van der Waals surface area contributed by atoms with Crippen LogP contribution in [-0.2, 0) is 33.4 Å². The number of hydrogen-bond donors (Lipinski definition) is 4. The van der Waals surface area contributed by atoms with E-state index >= 15 is 0 Å². The Bertz CT molecular complexity index is 536. The molecule has 0 aromatic carbocycles. The smallest absolute Gasteiger partial charge is 0.373 e. The summed E-state index contributed by atoms with van der Waals surface area (Å²) in [5, 5.41) is 16.1. The van der Waals surface area contributed by atoms with Gasteiger partial charge < -0.3 is 24.4 Å². The van der Waals surface area contributed by atoms with Crippen LogP contribution >= 0.6 is 12.6 Å². The Kier molecular flexibility index (Phi) is 2.96. The Balaban J connectivity index is 2.64. The van der Waals surface area contributed by atoms with Gasteiger partial charge in [-0.2, -0.15) is 0 Å². The quantitative estimate of drug-likeness (QED) is 0.300. The van der Waals surface area contributed by atoms with Crippen LogP contribution in [0.15, 0.2) is 0 Å². The number of carbonyl (C=O) groups is 4. The molecule has 20 heavy (non-hydrogen) atoms. The maximum atomic E-state index is 11.8. The van der Waals surface area contributed by atoms with Gasteiger partial charge in [0.05, 0.1) is 12.8 Å². The summed E-state index contributed by atoms with van der Waals surface area (Å²) in [6.45, 7) is 0. The number of hydrogen-bond acceptors (Lipinski definition) is 10. The highest BCUT2D eigenvalue weighted by atomic mass is 32.1. The number of esters is 3. The average Bonchev–Trinajstić information content (AvgIpc) is 2.31. The Morgan fingerprint density at radius 2 is 1.65 bits per heavy atom. The summed E-state index contributed by atoms with van der Waals surface area (Å²) >= 11 is 3.61. The van der Waals surface area contributed by atoms with Crippen molar-refractivity contribution < 1.29 is 43.6 Å². The van der Waals surface area contributed by atoms with Gasteiger partial charge in [-0.3, -0.25) is 15.3 Å². The zero-order chi connectivity index (χ0) is 15.3. The van der Waals surface area contributed by atoms with E-state index in [0.717, 1.165) is 0 Å². The summed E-state index contributed by atoms with van der Waals surface area (Å²) in [4.78, 5) is 46.1. The summed E-state index contributed by atoms with van der Waals surface area (Å²) in [7, 11) is 0. The van der Waals surface area contributed by atoms with Gasteiger partial charge in [0, 0.05) is 0 Å². The van der Waals surface area contributed by atoms with Crippen LogP contribution < -0.4 is 5.73 Å². The van der Waals surface area contributed by atoms with Gasteiger partial charge in [0.15, 0.2) is 5.60 Å². The molecule has 10 nitrogen and oxygen atoms in total. The molecule has 0 amide bonds. The fourth-order valence-corrected chi connectivity index (χ4v) is 2.05. The molecule has 4 N–H and O–H groups in total. The molecule has 0 aliphatic carbocycles. The number of rotatable bonds is 1. The van der Waals surface area contributed by atoms with E-state index in [4.69, 9.17) is 10.8 Å². The molecule has 0 spiro atoms. The Morgan fingerprint density at radius 3 is 2.15 bits per heavy atom. The third-order valence-electron chi connectivity index (χ3n) is 2.80. The third-order valence-corrected chi connectivity index (χ3v) is 3.31. The number of aliphatic hydroxyl groups is 1. The van der Waals surface area contributed by atoms with E-state index in [2.05, 4.69) is 26.8 Å². The number of ether oxygens (including phenoxy) is 3. The summed E-state index contributed by atoms with van der Waals surface area (Å²) in [6.07, 6.45) is -1.95. The van der Waals surface area contributed by atoms with Crippen molar-refractivity contribution in [1.82, 2.24) is 0 Å². The van der Waals surface area contributed by atoms with E-state index in [1.165, 1.54) is 0 Å². The van der Waals surface area contributed by atoms with Crippen molar-refractivity contribution >= 4 is 36.5 Å². The average molecular weight is 307 g/mol. The van der Waals surface area contributed by atoms with Gasteiger partial charge in [0.25, 0.3) is 0 Å². The van der Waals surface area contributed by atoms with Crippen molar-refractivity contribution in [2.45, 2.75) is 29.3 Å². The van der Waals surface area contributed by atoms with Crippen LogP contribution in [0.25, 0.3) is 0 Å². The highest BCUT2D eigenvalue weighted by molar-refractivity contribution is 7.81. The van der Waals surface area contributed by atoms with Gasteiger partial charge in [-0.05, 0) is 0 Å². The Labute approximate surface area is 116 Å². The van der Waals surface area contributed by atoms with Crippen molar-refractivity contribution in [1.29, 1.82) is 0 Å². The first-order valence-corrected chi connectivity index (χ1v) is 5.61. The monoisotopic (exact) mass is 307 g/mol. The lowest BCUT2D eigenvalue weighted by atomic mass is 9.95. The first-order chi connectivity index (χ1) is 9.02. The molecular weight excluding hydrogens is 298 g/mol. The topological polar surface area (TPSA) is 162 Å². The molecule has 2 saturated heterocycles. The predicted octanol–water partition coefficient (Wildman–Crippen LogP) is -2.52. The number of thiol groups is 1. The Hall–Kier alpha value is -1.85. The minimum atomic E-state index is -3.07. The molecule has 2 unspecified atom stereocenters. The van der Waals surface area contributed by atoms with Crippen LogP contribution in [0.2, 0.25) is 0 Å². The molecule has 3 atom stereocenters. The van der Waals surface area contributed by atoms with Gasteiger partial charge in [0.2, 0.25) is 0 Å². The molecule has 2 heterocycles. The summed E-state index contributed by atoms with van der Waals surface area (Å²) in [5.41, 5.74) is -0.237. The summed E-state index contributed by atoms with van der Waals surface area (Å²) in [6, 6.07) is 0. The molecule has 11 heteroatoms. The molecular formula is C9H9NO9S. The van der Waals surface area contributed by atoms with Crippen molar-refractivity contribution in [3.05, 3.63) is 0 Å². The number of nitrogens with two attached hydrogens (primary N) is 1. The number of carbonyl (C=O) groups excluding carboxylic acids is 3. The van der Waals surface area contributed by atoms with Crippen LogP contribution in [0, 0.1) is 0 Å². The predicted molar refractivity (Wildman–Crippen MR) is 58.7 cm³/mol. The van der Waals surface area contributed by atoms with Crippen LogP contribution in [0.3, 0.4) is 0 Å². The molecule has 2 bridgehead atoms. The molecule has 0 saturated carbocycles. The molecule has 0 aromatic rings. The zero-order valence-corrected chi connectivity index (χ0v) is 10.6. The number of aliphatic carboxylic acids is 1. The number of carboxylic acids is 1. The second-order valence-electron chi connectivity index (χ2n) is 4.35. The minimum absolute atomic E-state index is 0.932. The van der Waals surface area contributed by atoms with Gasteiger partial charge >= 0.3 is 34.7 Å². The van der Waals surface area contributed by atoms with Crippen LogP contribution in [0.1, 0.15) is 12.8 Å². The van der Waals surface area contributed by atoms with Gasteiger partial charge in [-0.1, -0.05) is 12.6 Å². The maximum absolute atomic E-state index is 11.8. The van der Waals surface area contributed by atoms with Crippen molar-refractivity contribution in [3.63, 3.8) is 0 Å². The largest absolute Gasteiger partial charge is 0.477 e. The van der Waals surface area contributed by atoms with Gasteiger partial charge in [0.1, 0.15) is 0 Å². The normalized spacial score (nSPS) is 40.9. The summed E-state index contributed by atoms with van der Waals surface area (Å²) in [5.74, 6) is -5.99. The first-order valence-electron chi connectivity index (χ1n) is 5.16. The lowest BCUT2D eigenvalue weighted by Crippen LogP contribution is -2.69. The van der Waals surface area contributed by atoms with E-state index in [9.17, 15) is 24.3 Å². The fourth-order valence-electron chi connectivity index (χ4n) is 1.73. The molecule has 0 aromatic heterocycles. The second-order valence-corrected chi connectivity index (χ2v) is 4.93. The fraction of sp³-hybridized carbons (Fsp3) is 0.556. The Morgan fingerprint density at radius 1 is 1.15 bits per heavy atom. The van der Waals surface area contributed by atoms with Crippen LogP contribution in [0.4, 0.5) is 0 Å². The van der Waals surface area contributed by atoms with E-state index < -0.39 is 53.2 Å². The minimum Gasteiger partial charge on any atom is -0.477 e. The van der Waals surface area contributed by atoms with Crippen molar-refractivity contribution in [2.75, 3.05) is 0 Å². The maximum Gasteiger partial charge on any atom is 0.373 e. The molecule has 110 valence electrons. The van der Waals surface area contributed by atoms with Gasteiger partial charge in [-0.25, -0.2) is 9.59 Å². The lowest BCUT2D eigenvalue weighted by Gasteiger charge is -2.39. The highest BCUT2D eigenvalue weighted by Gasteiger charge is 2.68. The lowest BCUT2D eigenvalue weighted by molar-refractivity contribution is -0.260. The number of cyclic esters (lactones) is 1. The molecule has 2 aliphatic heterocycles. The van der Waals surface area contributed by atoms with Crippen LogP contribution in [0.5, 0.6) is 0 Å². The van der Waals surface area contributed by atoms with E-state index in [-0.39, 0.29) is 0 Å². The van der Waals surface area contributed by atoms with E-state index in [1.807, 2.05) is 0 Å². The van der Waals surface area contributed by atoms with Crippen molar-refractivity contribution in [2.24, 2.45) is 5.73 Å². The molecule has 2 aliphatic rings. The number of carboxylic acid groups (broad SMARTS) is 1. The van der Waals surface area contributed by atoms with E-state index in [1.54, 1.807) is 0 Å². The molecule has 2 rings (SSSR count). The standard InChI is InChI=1S/C9H9NO9S/c10-8(5(13)14)9(20)18-4(12)2-7(16,6(15)19-9)1-3(11)17-8/h16,20H,1-2,10H2,(H,13,14)/t7?,8-,9?/m0/s1. The molecule has 2 fully saturated rings.